The Balaban J connectivity index is 1.51. The molecule has 1 aliphatic heterocycles. The molecule has 2 aromatic rings. The summed E-state index contributed by atoms with van der Waals surface area (Å²) < 4.78 is 0. The minimum atomic E-state index is -0.217. The molecule has 1 heterocycles. The van der Waals surface area contributed by atoms with Crippen molar-refractivity contribution in [1.29, 1.82) is 0 Å². The minimum Gasteiger partial charge on any atom is -0.872 e. The number of piperazine rings is 1. The number of aromatic hydroxyl groups is 1. The molecule has 0 aliphatic carbocycles. The van der Waals surface area contributed by atoms with Crippen molar-refractivity contribution in [2.24, 2.45) is 5.10 Å². The molecule has 2 aromatic carbocycles. The van der Waals surface area contributed by atoms with Crippen LogP contribution in [0.15, 0.2) is 47.6 Å². The SMILES string of the molecule is [O-]c1cc(O)ccc1C=NN1CC[NH+](Cc2ccc(Cl)cc2)CC1. The summed E-state index contributed by atoms with van der Waals surface area (Å²) in [7, 11) is 0. The number of nitrogens with zero attached hydrogens (tertiary/aromatic N) is 2. The van der Waals surface area contributed by atoms with Crippen molar-refractivity contribution in [3.8, 4) is 11.5 Å². The van der Waals surface area contributed by atoms with Gasteiger partial charge in [0.15, 0.2) is 0 Å². The minimum absolute atomic E-state index is 0.0171. The van der Waals surface area contributed by atoms with Gasteiger partial charge in [-0.3, -0.25) is 5.01 Å². The third kappa shape index (κ3) is 4.40. The monoisotopic (exact) mass is 345 g/mol. The van der Waals surface area contributed by atoms with Gasteiger partial charge in [0.05, 0.1) is 32.4 Å². The van der Waals surface area contributed by atoms with Gasteiger partial charge in [-0.15, -0.1) is 0 Å². The van der Waals surface area contributed by atoms with Crippen LogP contribution in [0.4, 0.5) is 0 Å². The Hall–Kier alpha value is -2.24. The van der Waals surface area contributed by atoms with Crippen LogP contribution in [0.2, 0.25) is 5.02 Å². The Bertz CT molecular complexity index is 711. The van der Waals surface area contributed by atoms with Crippen molar-refractivity contribution in [3.05, 3.63) is 58.6 Å². The molecule has 0 spiro atoms. The van der Waals surface area contributed by atoms with E-state index in [1.54, 1.807) is 12.3 Å². The third-order valence-corrected chi connectivity index (χ3v) is 4.42. The van der Waals surface area contributed by atoms with Gasteiger partial charge in [-0.25, -0.2) is 0 Å². The lowest BCUT2D eigenvalue weighted by Crippen LogP contribution is -3.13. The zero-order valence-corrected chi connectivity index (χ0v) is 14.0. The molecule has 126 valence electrons. The summed E-state index contributed by atoms with van der Waals surface area (Å²) in [5.41, 5.74) is 1.77. The van der Waals surface area contributed by atoms with E-state index in [-0.39, 0.29) is 11.5 Å². The number of hydrazone groups is 1. The summed E-state index contributed by atoms with van der Waals surface area (Å²) in [6, 6.07) is 12.3. The van der Waals surface area contributed by atoms with Gasteiger partial charge in [0.2, 0.25) is 0 Å². The number of hydrogen-bond donors (Lipinski definition) is 2. The van der Waals surface area contributed by atoms with Gasteiger partial charge in [-0.2, -0.15) is 5.10 Å². The third-order valence-electron chi connectivity index (χ3n) is 4.17. The Morgan fingerprint density at radius 2 is 1.88 bits per heavy atom. The predicted octanol–water partition coefficient (Wildman–Crippen LogP) is 0.854. The summed E-state index contributed by atoms with van der Waals surface area (Å²) >= 11 is 5.91. The lowest BCUT2D eigenvalue weighted by atomic mass is 10.2. The average Bonchev–Trinajstić information content (AvgIpc) is 2.57. The molecule has 0 amide bonds. The highest BCUT2D eigenvalue weighted by Crippen LogP contribution is 2.18. The molecule has 1 aliphatic rings. The van der Waals surface area contributed by atoms with Crippen molar-refractivity contribution in [1.82, 2.24) is 5.01 Å². The largest absolute Gasteiger partial charge is 0.872 e. The second kappa shape index (κ2) is 7.55. The van der Waals surface area contributed by atoms with Crippen LogP contribution in [0.5, 0.6) is 11.5 Å². The molecular weight excluding hydrogens is 326 g/mol. The highest BCUT2D eigenvalue weighted by molar-refractivity contribution is 6.30. The molecule has 2 N–H and O–H groups in total. The van der Waals surface area contributed by atoms with Gasteiger partial charge in [0.25, 0.3) is 0 Å². The summed E-state index contributed by atoms with van der Waals surface area (Å²) in [5, 5.41) is 28.1. The molecule has 0 unspecified atom stereocenters. The number of benzene rings is 2. The van der Waals surface area contributed by atoms with E-state index in [9.17, 15) is 10.2 Å². The van der Waals surface area contributed by atoms with Gasteiger partial charge in [-0.1, -0.05) is 35.5 Å². The summed E-state index contributed by atoms with van der Waals surface area (Å²) in [4.78, 5) is 1.51. The number of halogens is 1. The topological polar surface area (TPSA) is 63.3 Å². The highest BCUT2D eigenvalue weighted by Gasteiger charge is 2.18. The second-order valence-electron chi connectivity index (χ2n) is 5.97. The average molecular weight is 346 g/mol. The first-order valence-corrected chi connectivity index (χ1v) is 8.35. The molecule has 0 saturated carbocycles. The van der Waals surface area contributed by atoms with E-state index >= 15 is 0 Å². The lowest BCUT2D eigenvalue weighted by molar-refractivity contribution is -0.918. The number of phenols is 1. The fraction of sp³-hybridized carbons (Fsp3) is 0.278. The Morgan fingerprint density at radius 3 is 2.54 bits per heavy atom. The van der Waals surface area contributed by atoms with E-state index in [2.05, 4.69) is 17.2 Å². The molecule has 0 atom stereocenters. The fourth-order valence-corrected chi connectivity index (χ4v) is 2.89. The normalized spacial score (nSPS) is 16.0. The number of nitrogens with one attached hydrogen (secondary N) is 1. The van der Waals surface area contributed by atoms with E-state index in [4.69, 9.17) is 11.6 Å². The van der Waals surface area contributed by atoms with Crippen LogP contribution in [0, 0.1) is 0 Å². The second-order valence-corrected chi connectivity index (χ2v) is 6.41. The summed E-state index contributed by atoms with van der Waals surface area (Å²) in [5.74, 6) is -0.234. The maximum absolute atomic E-state index is 11.7. The molecule has 0 radical (unpaired) electrons. The van der Waals surface area contributed by atoms with Crippen LogP contribution in [0.25, 0.3) is 0 Å². The van der Waals surface area contributed by atoms with E-state index in [0.29, 0.717) is 5.56 Å². The van der Waals surface area contributed by atoms with Crippen LogP contribution in [0.3, 0.4) is 0 Å². The van der Waals surface area contributed by atoms with Crippen molar-refractivity contribution in [2.45, 2.75) is 6.54 Å². The first kappa shape index (κ1) is 16.6. The molecular formula is C18H20ClN3O2. The zero-order chi connectivity index (χ0) is 16.9. The van der Waals surface area contributed by atoms with E-state index in [1.165, 1.54) is 22.6 Å². The molecule has 0 bridgehead atoms. The van der Waals surface area contributed by atoms with Crippen molar-refractivity contribution in [3.63, 3.8) is 0 Å². The quantitative estimate of drug-likeness (QED) is 0.808. The standard InChI is InChI=1S/C18H20ClN3O2/c19-16-4-1-14(2-5-16)13-21-7-9-22(10-8-21)20-12-15-3-6-17(23)11-18(15)24/h1-6,11-12,23-24H,7-10,13H2. The van der Waals surface area contributed by atoms with Crippen LogP contribution < -0.4 is 10.0 Å². The Kier molecular flexibility index (Phi) is 5.23. The molecule has 3 rings (SSSR count). The van der Waals surface area contributed by atoms with Crippen LogP contribution in [-0.4, -0.2) is 42.5 Å². The van der Waals surface area contributed by atoms with Crippen molar-refractivity contribution < 1.29 is 15.1 Å². The van der Waals surface area contributed by atoms with Gasteiger partial charge < -0.3 is 15.1 Å². The Labute approximate surface area is 146 Å². The van der Waals surface area contributed by atoms with E-state index < -0.39 is 0 Å². The molecule has 5 nitrogen and oxygen atoms in total. The zero-order valence-electron chi connectivity index (χ0n) is 13.3. The predicted molar refractivity (Wildman–Crippen MR) is 92.6 cm³/mol. The van der Waals surface area contributed by atoms with Gasteiger partial charge in [0, 0.05) is 10.6 Å². The summed E-state index contributed by atoms with van der Waals surface area (Å²) in [6.45, 7) is 4.69. The molecule has 1 saturated heterocycles. The first-order valence-electron chi connectivity index (χ1n) is 7.97. The van der Waals surface area contributed by atoms with E-state index in [0.717, 1.165) is 37.7 Å². The molecule has 1 fully saturated rings. The lowest BCUT2D eigenvalue weighted by Gasteiger charge is -2.30. The number of phenolic OH excluding ortho intramolecular Hbond substituents is 1. The smallest absolute Gasteiger partial charge is 0.115 e. The number of rotatable bonds is 4. The summed E-state index contributed by atoms with van der Waals surface area (Å²) in [6.07, 6.45) is 1.58. The number of hydrogen-bond acceptors (Lipinski definition) is 4. The van der Waals surface area contributed by atoms with Crippen LogP contribution in [0.1, 0.15) is 11.1 Å². The van der Waals surface area contributed by atoms with E-state index in [1.807, 2.05) is 17.1 Å². The Morgan fingerprint density at radius 1 is 1.17 bits per heavy atom. The fourth-order valence-electron chi connectivity index (χ4n) is 2.77. The van der Waals surface area contributed by atoms with Crippen LogP contribution >= 0.6 is 11.6 Å². The molecule has 0 aromatic heterocycles. The van der Waals surface area contributed by atoms with Gasteiger partial charge >= 0.3 is 0 Å². The maximum atomic E-state index is 11.7. The van der Waals surface area contributed by atoms with Crippen LogP contribution in [-0.2, 0) is 6.54 Å². The number of quaternary nitrogens is 1. The first-order chi connectivity index (χ1) is 11.6. The van der Waals surface area contributed by atoms with Gasteiger partial charge in [-0.05, 0) is 29.8 Å². The molecule has 24 heavy (non-hydrogen) atoms. The van der Waals surface area contributed by atoms with Gasteiger partial charge in [0.1, 0.15) is 12.3 Å². The molecule has 6 heteroatoms. The maximum Gasteiger partial charge on any atom is 0.115 e. The van der Waals surface area contributed by atoms with Crippen molar-refractivity contribution >= 4 is 17.8 Å². The van der Waals surface area contributed by atoms with Crippen molar-refractivity contribution in [2.75, 3.05) is 26.2 Å². The highest BCUT2D eigenvalue weighted by atomic mass is 35.5.